The van der Waals surface area contributed by atoms with Gasteiger partial charge in [-0.1, -0.05) is 30.3 Å². The Kier molecular flexibility index (Phi) is 4.30. The zero-order valence-electron chi connectivity index (χ0n) is 9.83. The smallest absolute Gasteiger partial charge is 0.0603 e. The maximum atomic E-state index is 9.56. The first-order valence-electron chi connectivity index (χ1n) is 5.50. The summed E-state index contributed by atoms with van der Waals surface area (Å²) in [6.07, 6.45) is 0.768. The van der Waals surface area contributed by atoms with Gasteiger partial charge in [-0.3, -0.25) is 0 Å². The van der Waals surface area contributed by atoms with E-state index in [1.54, 1.807) is 0 Å². The molecule has 1 aromatic rings. The molecule has 0 aliphatic heterocycles. The van der Waals surface area contributed by atoms with Gasteiger partial charge in [-0.25, -0.2) is 0 Å². The van der Waals surface area contributed by atoms with Crippen molar-refractivity contribution in [1.82, 2.24) is 5.32 Å². The molecule has 0 amide bonds. The summed E-state index contributed by atoms with van der Waals surface area (Å²) in [5.41, 5.74) is 0.705. The molecular formula is C13H21NO. The predicted molar refractivity (Wildman–Crippen MR) is 63.8 cm³/mol. The number of aliphatic hydroxyl groups is 1. The highest BCUT2D eigenvalue weighted by molar-refractivity contribution is 5.17. The van der Waals surface area contributed by atoms with Gasteiger partial charge in [0, 0.05) is 6.04 Å². The summed E-state index contributed by atoms with van der Waals surface area (Å²) in [5.74, 6) is 0. The Balaban J connectivity index is 2.34. The van der Waals surface area contributed by atoms with Crippen LogP contribution in [0.5, 0.6) is 0 Å². The molecular weight excluding hydrogens is 186 g/mol. The van der Waals surface area contributed by atoms with E-state index in [0.717, 1.165) is 13.0 Å². The van der Waals surface area contributed by atoms with Crippen molar-refractivity contribution in [2.24, 2.45) is 0 Å². The molecule has 0 radical (unpaired) electrons. The highest BCUT2D eigenvalue weighted by atomic mass is 16.3. The molecule has 0 fully saturated rings. The summed E-state index contributed by atoms with van der Waals surface area (Å²) in [6.45, 7) is 6.64. The van der Waals surface area contributed by atoms with Crippen LogP contribution in [0.15, 0.2) is 30.3 Å². The second-order valence-electron chi connectivity index (χ2n) is 4.65. The van der Waals surface area contributed by atoms with Gasteiger partial charge in [-0.15, -0.1) is 0 Å². The highest BCUT2D eigenvalue weighted by Crippen LogP contribution is 2.12. The minimum Gasteiger partial charge on any atom is -0.390 e. The third-order valence-electron chi connectivity index (χ3n) is 2.49. The highest BCUT2D eigenvalue weighted by Gasteiger charge is 2.12. The molecule has 0 saturated carbocycles. The fourth-order valence-electron chi connectivity index (χ4n) is 1.45. The zero-order valence-corrected chi connectivity index (χ0v) is 9.83. The van der Waals surface area contributed by atoms with Crippen molar-refractivity contribution in [1.29, 1.82) is 0 Å². The number of benzene rings is 1. The van der Waals surface area contributed by atoms with Crippen LogP contribution in [0.3, 0.4) is 0 Å². The van der Waals surface area contributed by atoms with Crippen molar-refractivity contribution < 1.29 is 5.11 Å². The van der Waals surface area contributed by atoms with E-state index >= 15 is 0 Å². The number of nitrogens with one attached hydrogen (secondary N) is 1. The standard InChI is InChI=1S/C13H21NO/c1-11(12-7-5-4-6-8-12)14-10-9-13(2,3)15/h4-8,11,14-15H,9-10H2,1-3H3/t11-/m0/s1. The Morgan fingerprint density at radius 1 is 1.27 bits per heavy atom. The monoisotopic (exact) mass is 207 g/mol. The Labute approximate surface area is 92.3 Å². The normalized spacial score (nSPS) is 13.9. The molecule has 0 aromatic heterocycles. The third kappa shape index (κ3) is 4.96. The van der Waals surface area contributed by atoms with Crippen molar-refractivity contribution in [3.63, 3.8) is 0 Å². The first kappa shape index (κ1) is 12.2. The van der Waals surface area contributed by atoms with Gasteiger partial charge in [0.25, 0.3) is 0 Å². The average Bonchev–Trinajstić information content (AvgIpc) is 2.17. The van der Waals surface area contributed by atoms with E-state index in [2.05, 4.69) is 24.4 Å². The summed E-state index contributed by atoms with van der Waals surface area (Å²) in [5, 5.41) is 13.0. The molecule has 0 bridgehead atoms. The molecule has 0 unspecified atom stereocenters. The minimum atomic E-state index is -0.580. The quantitative estimate of drug-likeness (QED) is 0.777. The largest absolute Gasteiger partial charge is 0.390 e. The van der Waals surface area contributed by atoms with Crippen LogP contribution in [0, 0.1) is 0 Å². The Morgan fingerprint density at radius 3 is 2.40 bits per heavy atom. The van der Waals surface area contributed by atoms with Crippen LogP contribution >= 0.6 is 0 Å². The van der Waals surface area contributed by atoms with E-state index < -0.39 is 5.60 Å². The molecule has 1 atom stereocenters. The fourth-order valence-corrected chi connectivity index (χ4v) is 1.45. The first-order chi connectivity index (χ1) is 6.99. The Hall–Kier alpha value is -0.860. The number of rotatable bonds is 5. The van der Waals surface area contributed by atoms with Crippen LogP contribution in [0.4, 0.5) is 0 Å². The first-order valence-corrected chi connectivity index (χ1v) is 5.50. The topological polar surface area (TPSA) is 32.3 Å². The lowest BCUT2D eigenvalue weighted by Gasteiger charge is -2.20. The zero-order chi connectivity index (χ0) is 11.3. The van der Waals surface area contributed by atoms with E-state index in [-0.39, 0.29) is 0 Å². The minimum absolute atomic E-state index is 0.341. The fraction of sp³-hybridized carbons (Fsp3) is 0.538. The van der Waals surface area contributed by atoms with Crippen molar-refractivity contribution in [2.45, 2.75) is 38.8 Å². The summed E-state index contributed by atoms with van der Waals surface area (Å²) in [6, 6.07) is 10.7. The molecule has 0 aliphatic carbocycles. The molecule has 0 heterocycles. The van der Waals surface area contributed by atoms with Gasteiger partial charge in [0.1, 0.15) is 0 Å². The lowest BCUT2D eigenvalue weighted by molar-refractivity contribution is 0.0705. The molecule has 1 rings (SSSR count). The second-order valence-corrected chi connectivity index (χ2v) is 4.65. The van der Waals surface area contributed by atoms with Crippen LogP contribution in [-0.4, -0.2) is 17.3 Å². The van der Waals surface area contributed by atoms with E-state index in [1.165, 1.54) is 5.56 Å². The molecule has 0 saturated heterocycles. The predicted octanol–water partition coefficient (Wildman–Crippen LogP) is 2.50. The Bertz CT molecular complexity index is 276. The van der Waals surface area contributed by atoms with Crippen LogP contribution < -0.4 is 5.32 Å². The van der Waals surface area contributed by atoms with E-state index in [0.29, 0.717) is 6.04 Å². The Morgan fingerprint density at radius 2 is 1.87 bits per heavy atom. The summed E-state index contributed by atoms with van der Waals surface area (Å²) in [7, 11) is 0. The maximum absolute atomic E-state index is 9.56. The van der Waals surface area contributed by atoms with Gasteiger partial charge in [0.15, 0.2) is 0 Å². The molecule has 0 spiro atoms. The summed E-state index contributed by atoms with van der Waals surface area (Å²) >= 11 is 0. The molecule has 2 heteroatoms. The molecule has 84 valence electrons. The van der Waals surface area contributed by atoms with Gasteiger partial charge in [0.2, 0.25) is 0 Å². The van der Waals surface area contributed by atoms with Crippen molar-refractivity contribution >= 4 is 0 Å². The van der Waals surface area contributed by atoms with E-state index in [4.69, 9.17) is 0 Å². The van der Waals surface area contributed by atoms with Crippen LogP contribution in [0.25, 0.3) is 0 Å². The van der Waals surface area contributed by atoms with Gasteiger partial charge in [-0.05, 0) is 39.3 Å². The van der Waals surface area contributed by atoms with E-state index in [1.807, 2.05) is 32.0 Å². The van der Waals surface area contributed by atoms with Gasteiger partial charge < -0.3 is 10.4 Å². The van der Waals surface area contributed by atoms with E-state index in [9.17, 15) is 5.11 Å². The van der Waals surface area contributed by atoms with Gasteiger partial charge in [-0.2, -0.15) is 0 Å². The number of hydrogen-bond donors (Lipinski definition) is 2. The molecule has 2 N–H and O–H groups in total. The lowest BCUT2D eigenvalue weighted by atomic mass is 10.0. The SMILES string of the molecule is C[C@H](NCCC(C)(C)O)c1ccccc1. The van der Waals surface area contributed by atoms with Crippen LogP contribution in [0.1, 0.15) is 38.8 Å². The molecule has 15 heavy (non-hydrogen) atoms. The second kappa shape index (κ2) is 5.29. The average molecular weight is 207 g/mol. The molecule has 2 nitrogen and oxygen atoms in total. The van der Waals surface area contributed by atoms with Crippen molar-refractivity contribution in [3.8, 4) is 0 Å². The third-order valence-corrected chi connectivity index (χ3v) is 2.49. The summed E-state index contributed by atoms with van der Waals surface area (Å²) in [4.78, 5) is 0. The number of hydrogen-bond acceptors (Lipinski definition) is 2. The molecule has 0 aliphatic rings. The maximum Gasteiger partial charge on any atom is 0.0603 e. The van der Waals surface area contributed by atoms with Gasteiger partial charge in [0.05, 0.1) is 5.60 Å². The van der Waals surface area contributed by atoms with Crippen LogP contribution in [-0.2, 0) is 0 Å². The molecule has 1 aromatic carbocycles. The van der Waals surface area contributed by atoms with Crippen molar-refractivity contribution in [2.75, 3.05) is 6.54 Å². The van der Waals surface area contributed by atoms with Crippen molar-refractivity contribution in [3.05, 3.63) is 35.9 Å². The lowest BCUT2D eigenvalue weighted by Crippen LogP contribution is -2.28. The van der Waals surface area contributed by atoms with Gasteiger partial charge >= 0.3 is 0 Å². The summed E-state index contributed by atoms with van der Waals surface area (Å²) < 4.78 is 0. The van der Waals surface area contributed by atoms with Crippen LogP contribution in [0.2, 0.25) is 0 Å².